The van der Waals surface area contributed by atoms with Crippen molar-refractivity contribution in [1.82, 2.24) is 5.16 Å². The van der Waals surface area contributed by atoms with Crippen LogP contribution in [0.25, 0.3) is 11.3 Å². The SMILES string of the molecule is CC(=O)CSc1ccccc1C(=O)OCc1cc(-c2ccccc2)on1. The number of ketones is 1. The minimum Gasteiger partial charge on any atom is -0.455 e. The Bertz CT molecular complexity index is 905. The van der Waals surface area contributed by atoms with Crippen molar-refractivity contribution in [3.05, 3.63) is 71.9 Å². The van der Waals surface area contributed by atoms with Crippen molar-refractivity contribution >= 4 is 23.5 Å². The molecule has 0 saturated carbocycles. The van der Waals surface area contributed by atoms with Gasteiger partial charge in [-0.1, -0.05) is 47.6 Å². The van der Waals surface area contributed by atoms with Gasteiger partial charge in [0.25, 0.3) is 0 Å². The molecule has 5 nitrogen and oxygen atoms in total. The van der Waals surface area contributed by atoms with Crippen LogP contribution in [0.15, 0.2) is 70.1 Å². The number of aromatic nitrogens is 1. The van der Waals surface area contributed by atoms with Crippen molar-refractivity contribution < 1.29 is 18.8 Å². The summed E-state index contributed by atoms with van der Waals surface area (Å²) in [5.41, 5.74) is 1.88. The Morgan fingerprint density at radius 1 is 1.08 bits per heavy atom. The predicted octanol–water partition coefficient (Wildman–Crippen LogP) is 4.38. The molecule has 0 saturated heterocycles. The van der Waals surface area contributed by atoms with Gasteiger partial charge in [-0.3, -0.25) is 4.79 Å². The molecule has 1 aromatic heterocycles. The molecule has 26 heavy (non-hydrogen) atoms. The van der Waals surface area contributed by atoms with Crippen molar-refractivity contribution in [2.24, 2.45) is 0 Å². The zero-order valence-electron chi connectivity index (χ0n) is 14.2. The molecule has 2 aromatic carbocycles. The second-order valence-electron chi connectivity index (χ2n) is 5.61. The van der Waals surface area contributed by atoms with Crippen LogP contribution in [-0.2, 0) is 16.1 Å². The van der Waals surface area contributed by atoms with Crippen LogP contribution in [0.3, 0.4) is 0 Å². The van der Waals surface area contributed by atoms with Gasteiger partial charge in [-0.15, -0.1) is 11.8 Å². The zero-order chi connectivity index (χ0) is 18.4. The topological polar surface area (TPSA) is 69.4 Å². The molecule has 0 aliphatic carbocycles. The fourth-order valence-corrected chi connectivity index (χ4v) is 3.12. The molecule has 0 radical (unpaired) electrons. The number of carbonyl (C=O) groups is 2. The van der Waals surface area contributed by atoms with Gasteiger partial charge in [0, 0.05) is 16.5 Å². The fourth-order valence-electron chi connectivity index (χ4n) is 2.28. The highest BCUT2D eigenvalue weighted by Crippen LogP contribution is 2.24. The van der Waals surface area contributed by atoms with Gasteiger partial charge in [0.05, 0.1) is 11.3 Å². The van der Waals surface area contributed by atoms with E-state index in [1.54, 1.807) is 24.3 Å². The van der Waals surface area contributed by atoms with Crippen molar-refractivity contribution in [1.29, 1.82) is 0 Å². The molecule has 0 unspecified atom stereocenters. The Labute approximate surface area is 155 Å². The molecule has 1 heterocycles. The van der Waals surface area contributed by atoms with Crippen molar-refractivity contribution in [2.75, 3.05) is 5.75 Å². The number of Topliss-reactive ketones (excluding diaryl/α,β-unsaturated/α-hetero) is 1. The van der Waals surface area contributed by atoms with Gasteiger partial charge in [-0.05, 0) is 19.1 Å². The zero-order valence-corrected chi connectivity index (χ0v) is 15.0. The molecule has 0 spiro atoms. The highest BCUT2D eigenvalue weighted by Gasteiger charge is 2.15. The van der Waals surface area contributed by atoms with Crippen molar-refractivity contribution in [3.63, 3.8) is 0 Å². The summed E-state index contributed by atoms with van der Waals surface area (Å²) in [6.07, 6.45) is 0. The molecule has 0 aliphatic heterocycles. The van der Waals surface area contributed by atoms with Gasteiger partial charge >= 0.3 is 5.97 Å². The molecule has 3 aromatic rings. The summed E-state index contributed by atoms with van der Waals surface area (Å²) in [7, 11) is 0. The van der Waals surface area contributed by atoms with E-state index < -0.39 is 5.97 Å². The number of benzene rings is 2. The van der Waals surface area contributed by atoms with Crippen LogP contribution in [0.2, 0.25) is 0 Å². The van der Waals surface area contributed by atoms with E-state index in [0.717, 1.165) is 10.5 Å². The second kappa shape index (κ2) is 8.49. The number of thioether (sulfide) groups is 1. The summed E-state index contributed by atoms with van der Waals surface area (Å²) in [6.45, 7) is 1.53. The van der Waals surface area contributed by atoms with Gasteiger partial charge in [0.15, 0.2) is 5.76 Å². The third-order valence-corrected chi connectivity index (χ3v) is 4.72. The Balaban J connectivity index is 1.65. The van der Waals surface area contributed by atoms with Crippen LogP contribution < -0.4 is 0 Å². The molecule has 132 valence electrons. The molecule has 0 N–H and O–H groups in total. The van der Waals surface area contributed by atoms with Crippen LogP contribution in [0.1, 0.15) is 23.0 Å². The Morgan fingerprint density at radius 2 is 1.81 bits per heavy atom. The van der Waals surface area contributed by atoms with Crippen molar-refractivity contribution in [2.45, 2.75) is 18.4 Å². The maximum absolute atomic E-state index is 12.4. The number of hydrogen-bond acceptors (Lipinski definition) is 6. The first-order valence-electron chi connectivity index (χ1n) is 8.03. The summed E-state index contributed by atoms with van der Waals surface area (Å²) in [6, 6.07) is 18.4. The van der Waals surface area contributed by atoms with E-state index in [2.05, 4.69) is 5.16 Å². The lowest BCUT2D eigenvalue weighted by Crippen LogP contribution is -2.07. The predicted molar refractivity (Wildman–Crippen MR) is 98.9 cm³/mol. The van der Waals surface area contributed by atoms with Crippen LogP contribution >= 0.6 is 11.8 Å². The van der Waals surface area contributed by atoms with Crippen LogP contribution in [0.5, 0.6) is 0 Å². The van der Waals surface area contributed by atoms with E-state index in [0.29, 0.717) is 22.8 Å². The standard InChI is InChI=1S/C20H17NO4S/c1-14(22)13-26-19-10-6-5-9-17(19)20(23)24-12-16-11-18(25-21-16)15-7-3-2-4-8-15/h2-11H,12-13H2,1H3. The van der Waals surface area contributed by atoms with Crippen LogP contribution in [0.4, 0.5) is 0 Å². The van der Waals surface area contributed by atoms with E-state index >= 15 is 0 Å². The molecule has 3 rings (SSSR count). The number of carbonyl (C=O) groups excluding carboxylic acids is 2. The Hall–Kier alpha value is -2.86. The molecular formula is C20H17NO4S. The third kappa shape index (κ3) is 4.61. The Morgan fingerprint density at radius 3 is 2.58 bits per heavy atom. The van der Waals surface area contributed by atoms with Gasteiger partial charge in [0.1, 0.15) is 18.1 Å². The van der Waals surface area contributed by atoms with Crippen molar-refractivity contribution in [3.8, 4) is 11.3 Å². The maximum Gasteiger partial charge on any atom is 0.339 e. The largest absolute Gasteiger partial charge is 0.455 e. The summed E-state index contributed by atoms with van der Waals surface area (Å²) in [5.74, 6) is 0.526. The van der Waals surface area contributed by atoms with E-state index in [1.165, 1.54) is 18.7 Å². The number of rotatable bonds is 7. The Kier molecular flexibility index (Phi) is 5.86. The van der Waals surface area contributed by atoms with E-state index in [4.69, 9.17) is 9.26 Å². The summed E-state index contributed by atoms with van der Waals surface area (Å²) < 4.78 is 10.6. The van der Waals surface area contributed by atoms with E-state index in [9.17, 15) is 9.59 Å². The number of hydrogen-bond donors (Lipinski definition) is 0. The third-order valence-electron chi connectivity index (χ3n) is 3.51. The number of ether oxygens (including phenoxy) is 1. The minimum absolute atomic E-state index is 0.0148. The molecule has 0 aliphatic rings. The smallest absolute Gasteiger partial charge is 0.339 e. The first kappa shape index (κ1) is 17.9. The molecule has 0 fully saturated rings. The first-order chi connectivity index (χ1) is 12.6. The van der Waals surface area contributed by atoms with E-state index in [-0.39, 0.29) is 12.4 Å². The average Bonchev–Trinajstić information content (AvgIpc) is 3.14. The summed E-state index contributed by atoms with van der Waals surface area (Å²) >= 11 is 1.32. The first-order valence-corrected chi connectivity index (χ1v) is 9.01. The van der Waals surface area contributed by atoms with Crippen LogP contribution in [0, 0.1) is 0 Å². The highest BCUT2D eigenvalue weighted by molar-refractivity contribution is 8.00. The maximum atomic E-state index is 12.4. The molecular weight excluding hydrogens is 350 g/mol. The van der Waals surface area contributed by atoms with E-state index in [1.807, 2.05) is 36.4 Å². The summed E-state index contributed by atoms with van der Waals surface area (Å²) in [5, 5.41) is 3.94. The highest BCUT2D eigenvalue weighted by atomic mass is 32.2. The number of esters is 1. The normalized spacial score (nSPS) is 10.5. The monoisotopic (exact) mass is 367 g/mol. The van der Waals surface area contributed by atoms with Gasteiger partial charge < -0.3 is 9.26 Å². The summed E-state index contributed by atoms with van der Waals surface area (Å²) in [4.78, 5) is 24.3. The van der Waals surface area contributed by atoms with Gasteiger partial charge in [0.2, 0.25) is 0 Å². The molecule has 0 atom stereocenters. The quantitative estimate of drug-likeness (QED) is 0.456. The fraction of sp³-hybridized carbons (Fsp3) is 0.150. The van der Waals surface area contributed by atoms with Crippen LogP contribution in [-0.4, -0.2) is 22.7 Å². The average molecular weight is 367 g/mol. The number of nitrogens with zero attached hydrogens (tertiary/aromatic N) is 1. The lowest BCUT2D eigenvalue weighted by atomic mass is 10.2. The molecule has 0 amide bonds. The van der Waals surface area contributed by atoms with Gasteiger partial charge in [-0.2, -0.15) is 0 Å². The second-order valence-corrected chi connectivity index (χ2v) is 6.63. The molecule has 6 heteroatoms. The lowest BCUT2D eigenvalue weighted by molar-refractivity contribution is -0.114. The molecule has 0 bridgehead atoms. The minimum atomic E-state index is -0.457. The van der Waals surface area contributed by atoms with Gasteiger partial charge in [-0.25, -0.2) is 4.79 Å². The lowest BCUT2D eigenvalue weighted by Gasteiger charge is -2.07.